The van der Waals surface area contributed by atoms with Gasteiger partial charge in [0.25, 0.3) is 11.5 Å². The van der Waals surface area contributed by atoms with Gasteiger partial charge >= 0.3 is 0 Å². The number of nitrogens with one attached hydrogen (secondary N) is 4. The first kappa shape index (κ1) is 16.4. The van der Waals surface area contributed by atoms with E-state index in [2.05, 4.69) is 33.0 Å². The van der Waals surface area contributed by atoms with Crippen molar-refractivity contribution in [1.82, 2.24) is 26.1 Å². The maximum atomic E-state index is 12.2. The largest absolute Gasteiger partial charge is 0.349 e. The van der Waals surface area contributed by atoms with Crippen molar-refractivity contribution in [2.24, 2.45) is 0 Å². The molecule has 2 fully saturated rings. The van der Waals surface area contributed by atoms with Crippen LogP contribution >= 0.6 is 11.6 Å². The van der Waals surface area contributed by atoms with Crippen molar-refractivity contribution >= 4 is 17.5 Å². The van der Waals surface area contributed by atoms with Crippen LogP contribution in [0.5, 0.6) is 0 Å². The summed E-state index contributed by atoms with van der Waals surface area (Å²) in [7, 11) is 0. The fraction of sp³-hybridized carbons (Fsp3) is 0.600. The monoisotopic (exact) mass is 339 g/mol. The van der Waals surface area contributed by atoms with Gasteiger partial charge in [-0.2, -0.15) is 0 Å². The van der Waals surface area contributed by atoms with Gasteiger partial charge in [0.1, 0.15) is 5.02 Å². The topological polar surface area (TPSA) is 89.3 Å². The third kappa shape index (κ3) is 3.92. The predicted octanol–water partition coefficient (Wildman–Crippen LogP) is 0.435. The molecule has 2 unspecified atom stereocenters. The molecule has 0 aromatic carbocycles. The summed E-state index contributed by atoms with van der Waals surface area (Å²) >= 11 is 5.76. The number of piperidine rings is 1. The van der Waals surface area contributed by atoms with Gasteiger partial charge in [0.15, 0.2) is 0 Å². The Bertz CT molecular complexity index is 627. The minimum atomic E-state index is -0.386. The molecule has 3 heterocycles. The minimum Gasteiger partial charge on any atom is -0.349 e. The predicted molar refractivity (Wildman–Crippen MR) is 88.3 cm³/mol. The number of pyridine rings is 1. The molecular formula is C15H22ClN5O2. The molecule has 8 heteroatoms. The highest BCUT2D eigenvalue weighted by Gasteiger charge is 2.30. The fourth-order valence-electron chi connectivity index (χ4n) is 3.14. The molecule has 2 aliphatic rings. The molecule has 2 saturated heterocycles. The van der Waals surface area contributed by atoms with E-state index < -0.39 is 0 Å². The summed E-state index contributed by atoms with van der Waals surface area (Å²) in [6.07, 6.45) is 4.69. The maximum absolute atomic E-state index is 12.2. The summed E-state index contributed by atoms with van der Waals surface area (Å²) in [6.45, 7) is 4.06. The van der Waals surface area contributed by atoms with E-state index in [4.69, 9.17) is 11.6 Å². The summed E-state index contributed by atoms with van der Waals surface area (Å²) in [4.78, 5) is 28.3. The Hall–Kier alpha value is -1.41. The lowest BCUT2D eigenvalue weighted by atomic mass is 10.0. The van der Waals surface area contributed by atoms with E-state index in [0.29, 0.717) is 17.8 Å². The number of halogens is 1. The van der Waals surface area contributed by atoms with Crippen molar-refractivity contribution < 1.29 is 4.79 Å². The zero-order chi connectivity index (χ0) is 16.4. The zero-order valence-electron chi connectivity index (χ0n) is 13.1. The zero-order valence-corrected chi connectivity index (χ0v) is 13.8. The first-order chi connectivity index (χ1) is 11.0. The van der Waals surface area contributed by atoms with Crippen molar-refractivity contribution in [2.45, 2.75) is 44.4 Å². The number of carbonyl (C=O) groups excluding carboxylic acids is 1. The van der Waals surface area contributed by atoms with Crippen molar-refractivity contribution in [2.75, 3.05) is 13.1 Å². The maximum Gasteiger partial charge on any atom is 0.266 e. The second kappa shape index (κ2) is 7.00. The summed E-state index contributed by atoms with van der Waals surface area (Å²) in [5.41, 5.74) is 6.54. The van der Waals surface area contributed by atoms with E-state index in [1.807, 2.05) is 0 Å². The molecule has 3 rings (SSSR count). The SMILES string of the molecule is CC1CC(N2CCC(NC(=O)c3c[nH]c(=O)c(Cl)c3)CC2)NN1. The molecule has 0 aliphatic carbocycles. The third-order valence-electron chi connectivity index (χ3n) is 4.50. The van der Waals surface area contributed by atoms with Gasteiger partial charge < -0.3 is 10.3 Å². The lowest BCUT2D eigenvalue weighted by molar-refractivity contribution is 0.0879. The average molecular weight is 340 g/mol. The average Bonchev–Trinajstić information content (AvgIpc) is 2.97. The number of likely N-dealkylation sites (tertiary alicyclic amines) is 1. The lowest BCUT2D eigenvalue weighted by Crippen LogP contribution is -2.51. The van der Waals surface area contributed by atoms with E-state index in [0.717, 1.165) is 32.4 Å². The number of nitrogens with zero attached hydrogens (tertiary/aromatic N) is 1. The Morgan fingerprint density at radius 3 is 2.70 bits per heavy atom. The molecule has 1 amide bonds. The van der Waals surface area contributed by atoms with Gasteiger partial charge in [-0.1, -0.05) is 11.6 Å². The second-order valence-corrected chi connectivity index (χ2v) is 6.70. The van der Waals surface area contributed by atoms with Crippen molar-refractivity contribution in [3.05, 3.63) is 33.2 Å². The minimum absolute atomic E-state index is 0.0291. The molecule has 126 valence electrons. The normalized spacial score (nSPS) is 26.3. The Kier molecular flexibility index (Phi) is 5.01. The van der Waals surface area contributed by atoms with Gasteiger partial charge in [0.05, 0.1) is 11.7 Å². The summed E-state index contributed by atoms with van der Waals surface area (Å²) in [6, 6.07) is 2.04. The molecule has 0 spiro atoms. The molecular weight excluding hydrogens is 318 g/mol. The Balaban J connectivity index is 1.51. The summed E-state index contributed by atoms with van der Waals surface area (Å²) in [5.74, 6) is -0.198. The summed E-state index contributed by atoms with van der Waals surface area (Å²) < 4.78 is 0. The molecule has 1 aromatic rings. The van der Waals surface area contributed by atoms with Crippen molar-refractivity contribution in [3.8, 4) is 0 Å². The molecule has 1 aromatic heterocycles. The van der Waals surface area contributed by atoms with Crippen molar-refractivity contribution in [3.63, 3.8) is 0 Å². The second-order valence-electron chi connectivity index (χ2n) is 6.29. The van der Waals surface area contributed by atoms with Crippen LogP contribution in [-0.2, 0) is 0 Å². The molecule has 0 saturated carbocycles. The smallest absolute Gasteiger partial charge is 0.266 e. The number of hydrogen-bond acceptors (Lipinski definition) is 5. The van der Waals surface area contributed by atoms with Crippen LogP contribution in [-0.4, -0.2) is 47.1 Å². The molecule has 0 bridgehead atoms. The van der Waals surface area contributed by atoms with Crippen LogP contribution in [0.1, 0.15) is 36.5 Å². The van der Waals surface area contributed by atoms with Crippen LogP contribution in [0, 0.1) is 0 Å². The number of aromatic nitrogens is 1. The van der Waals surface area contributed by atoms with Crippen LogP contribution in [0.4, 0.5) is 0 Å². The number of rotatable bonds is 3. The first-order valence-corrected chi connectivity index (χ1v) is 8.35. The Morgan fingerprint density at radius 1 is 1.35 bits per heavy atom. The Morgan fingerprint density at radius 2 is 2.09 bits per heavy atom. The fourth-order valence-corrected chi connectivity index (χ4v) is 3.31. The van der Waals surface area contributed by atoms with E-state index in [9.17, 15) is 9.59 Å². The highest BCUT2D eigenvalue weighted by atomic mass is 35.5. The number of carbonyl (C=O) groups is 1. The van der Waals surface area contributed by atoms with Gasteiger partial charge in [-0.15, -0.1) is 0 Å². The van der Waals surface area contributed by atoms with Gasteiger partial charge in [0, 0.05) is 31.4 Å². The molecule has 23 heavy (non-hydrogen) atoms. The number of aromatic amines is 1. The van der Waals surface area contributed by atoms with E-state index in [1.165, 1.54) is 12.3 Å². The highest BCUT2D eigenvalue weighted by Crippen LogP contribution is 2.17. The molecule has 2 atom stereocenters. The first-order valence-electron chi connectivity index (χ1n) is 7.97. The van der Waals surface area contributed by atoms with E-state index >= 15 is 0 Å². The van der Waals surface area contributed by atoms with Gasteiger partial charge in [-0.05, 0) is 32.3 Å². The van der Waals surface area contributed by atoms with Crippen LogP contribution in [0.25, 0.3) is 0 Å². The van der Waals surface area contributed by atoms with Crippen LogP contribution < -0.4 is 21.7 Å². The number of H-pyrrole nitrogens is 1. The highest BCUT2D eigenvalue weighted by molar-refractivity contribution is 6.30. The third-order valence-corrected chi connectivity index (χ3v) is 4.78. The van der Waals surface area contributed by atoms with Crippen LogP contribution in [0.2, 0.25) is 5.02 Å². The lowest BCUT2D eigenvalue weighted by Gasteiger charge is -2.35. The number of hydrogen-bond donors (Lipinski definition) is 4. The van der Waals surface area contributed by atoms with E-state index in [-0.39, 0.29) is 22.5 Å². The molecule has 4 N–H and O–H groups in total. The van der Waals surface area contributed by atoms with Gasteiger partial charge in [0.2, 0.25) is 0 Å². The molecule has 7 nitrogen and oxygen atoms in total. The van der Waals surface area contributed by atoms with Crippen LogP contribution in [0.3, 0.4) is 0 Å². The van der Waals surface area contributed by atoms with Gasteiger partial charge in [-0.3, -0.25) is 19.9 Å². The van der Waals surface area contributed by atoms with Crippen molar-refractivity contribution in [1.29, 1.82) is 0 Å². The molecule has 2 aliphatic heterocycles. The molecule has 0 radical (unpaired) electrons. The number of hydrazine groups is 1. The van der Waals surface area contributed by atoms with E-state index in [1.54, 1.807) is 0 Å². The number of amides is 1. The quantitative estimate of drug-likeness (QED) is 0.641. The van der Waals surface area contributed by atoms with Crippen LogP contribution in [0.15, 0.2) is 17.1 Å². The Labute approximate surface area is 139 Å². The standard InChI is InChI=1S/C15H22ClN5O2/c1-9-6-13(20-19-9)21-4-2-11(3-5-21)18-14(22)10-7-12(16)15(23)17-8-10/h7-9,11,13,19-20H,2-6H2,1H3,(H,17,23)(H,18,22). The summed E-state index contributed by atoms with van der Waals surface area (Å²) in [5, 5.41) is 3.05. The van der Waals surface area contributed by atoms with Gasteiger partial charge in [-0.25, -0.2) is 5.43 Å².